The predicted molar refractivity (Wildman–Crippen MR) is 100 cm³/mol. The Morgan fingerprint density at radius 2 is 1.93 bits per heavy atom. The maximum atomic E-state index is 13.9. The molecular formula is C20H18FN3O3. The Kier molecular flexibility index (Phi) is 4.52. The minimum atomic E-state index is -0.510. The highest BCUT2D eigenvalue weighted by Gasteiger charge is 2.31. The minimum absolute atomic E-state index is 0.0286. The van der Waals surface area contributed by atoms with Crippen LogP contribution in [0.15, 0.2) is 70.3 Å². The number of halogens is 1. The standard InChI is InChI=1S/C20H18FN3O3/c1-25-14-8-6-13(7-9-14)24-18(12-27-17-5-3-2-4-16(17)21)23-20-15(19(24)22)10-11-26-20/h2-11,19H,12,22H2,1H3. The van der Waals surface area contributed by atoms with Crippen molar-refractivity contribution in [2.75, 3.05) is 18.6 Å². The lowest BCUT2D eigenvalue weighted by Gasteiger charge is -2.34. The molecule has 0 radical (unpaired) electrons. The summed E-state index contributed by atoms with van der Waals surface area (Å²) < 4.78 is 30.1. The molecule has 0 bridgehead atoms. The van der Waals surface area contributed by atoms with Crippen molar-refractivity contribution in [2.24, 2.45) is 10.7 Å². The second kappa shape index (κ2) is 7.13. The number of hydrogen-bond acceptors (Lipinski definition) is 6. The molecule has 2 aromatic carbocycles. The molecule has 0 spiro atoms. The zero-order chi connectivity index (χ0) is 18.8. The fourth-order valence-electron chi connectivity index (χ4n) is 2.96. The van der Waals surface area contributed by atoms with E-state index < -0.39 is 12.0 Å². The normalized spacial score (nSPS) is 15.9. The topological polar surface area (TPSA) is 73.2 Å². The van der Waals surface area contributed by atoms with Crippen LogP contribution >= 0.6 is 0 Å². The van der Waals surface area contributed by atoms with Crippen molar-refractivity contribution >= 4 is 17.4 Å². The van der Waals surface area contributed by atoms with E-state index in [0.29, 0.717) is 11.7 Å². The van der Waals surface area contributed by atoms with Crippen molar-refractivity contribution in [3.05, 3.63) is 72.2 Å². The first-order valence-electron chi connectivity index (χ1n) is 8.38. The number of nitrogens with zero attached hydrogens (tertiary/aromatic N) is 2. The minimum Gasteiger partial charge on any atom is -0.497 e. The molecule has 1 aliphatic rings. The van der Waals surface area contributed by atoms with Gasteiger partial charge in [-0.1, -0.05) is 12.1 Å². The van der Waals surface area contributed by atoms with Gasteiger partial charge < -0.3 is 24.5 Å². The number of para-hydroxylation sites is 1. The van der Waals surface area contributed by atoms with Crippen LogP contribution in [0, 0.1) is 5.82 Å². The fourth-order valence-corrected chi connectivity index (χ4v) is 2.96. The molecule has 2 heterocycles. The predicted octanol–water partition coefficient (Wildman–Crippen LogP) is 4.01. The Hall–Kier alpha value is -3.32. The fraction of sp³-hybridized carbons (Fsp3) is 0.150. The number of methoxy groups -OCH3 is 1. The summed E-state index contributed by atoms with van der Waals surface area (Å²) in [6.07, 6.45) is 1.03. The van der Waals surface area contributed by atoms with Crippen LogP contribution in [0.1, 0.15) is 11.7 Å². The van der Waals surface area contributed by atoms with Crippen LogP contribution in [-0.2, 0) is 0 Å². The van der Waals surface area contributed by atoms with Crippen LogP contribution in [-0.4, -0.2) is 19.6 Å². The van der Waals surface area contributed by atoms with Gasteiger partial charge in [0.2, 0.25) is 5.88 Å². The number of amidine groups is 1. The number of nitrogens with two attached hydrogens (primary N) is 1. The summed E-state index contributed by atoms with van der Waals surface area (Å²) in [5, 5.41) is 0. The van der Waals surface area contributed by atoms with Gasteiger partial charge in [0.1, 0.15) is 18.5 Å². The first kappa shape index (κ1) is 17.1. The lowest BCUT2D eigenvalue weighted by molar-refractivity contribution is 0.350. The van der Waals surface area contributed by atoms with E-state index in [4.69, 9.17) is 19.6 Å². The van der Waals surface area contributed by atoms with Crippen LogP contribution < -0.4 is 20.1 Å². The van der Waals surface area contributed by atoms with Gasteiger partial charge in [0.05, 0.1) is 18.9 Å². The van der Waals surface area contributed by atoms with E-state index in [9.17, 15) is 4.39 Å². The molecule has 2 N–H and O–H groups in total. The molecule has 27 heavy (non-hydrogen) atoms. The van der Waals surface area contributed by atoms with E-state index >= 15 is 0 Å². The smallest absolute Gasteiger partial charge is 0.226 e. The van der Waals surface area contributed by atoms with Crippen LogP contribution in [0.3, 0.4) is 0 Å². The molecule has 0 fully saturated rings. The monoisotopic (exact) mass is 367 g/mol. The molecule has 1 atom stereocenters. The first-order chi connectivity index (χ1) is 13.2. The lowest BCUT2D eigenvalue weighted by Crippen LogP contribution is -2.44. The van der Waals surface area contributed by atoms with Crippen LogP contribution in [0.5, 0.6) is 11.5 Å². The number of hydrogen-bond donors (Lipinski definition) is 1. The molecule has 6 nitrogen and oxygen atoms in total. The molecule has 1 unspecified atom stereocenters. The third kappa shape index (κ3) is 3.24. The van der Waals surface area contributed by atoms with Gasteiger partial charge in [-0.25, -0.2) is 4.39 Å². The second-order valence-corrected chi connectivity index (χ2v) is 5.94. The number of fused-ring (bicyclic) bond motifs is 1. The van der Waals surface area contributed by atoms with Gasteiger partial charge in [0.25, 0.3) is 0 Å². The molecule has 0 amide bonds. The third-order valence-corrected chi connectivity index (χ3v) is 4.32. The lowest BCUT2D eigenvalue weighted by atomic mass is 10.1. The molecule has 138 valence electrons. The summed E-state index contributed by atoms with van der Waals surface area (Å²) in [4.78, 5) is 6.35. The molecule has 1 aromatic heterocycles. The number of furan rings is 1. The van der Waals surface area contributed by atoms with E-state index in [1.807, 2.05) is 29.2 Å². The molecule has 1 aliphatic heterocycles. The van der Waals surface area contributed by atoms with Crippen molar-refractivity contribution in [3.63, 3.8) is 0 Å². The number of benzene rings is 2. The summed E-state index contributed by atoms with van der Waals surface area (Å²) in [6.45, 7) is 0.0286. The van der Waals surface area contributed by atoms with Crippen LogP contribution in [0.2, 0.25) is 0 Å². The molecule has 3 aromatic rings. The summed E-state index contributed by atoms with van der Waals surface area (Å²) >= 11 is 0. The summed E-state index contributed by atoms with van der Waals surface area (Å²) in [7, 11) is 1.61. The summed E-state index contributed by atoms with van der Waals surface area (Å²) in [5.41, 5.74) is 8.03. The molecule has 7 heteroatoms. The molecule has 0 saturated carbocycles. The second-order valence-electron chi connectivity index (χ2n) is 5.94. The molecule has 4 rings (SSSR count). The van der Waals surface area contributed by atoms with Gasteiger partial charge in [0.15, 0.2) is 17.4 Å². The van der Waals surface area contributed by atoms with Gasteiger partial charge >= 0.3 is 0 Å². The highest BCUT2D eigenvalue weighted by Crippen LogP contribution is 2.36. The van der Waals surface area contributed by atoms with E-state index in [1.54, 1.807) is 37.6 Å². The highest BCUT2D eigenvalue weighted by molar-refractivity contribution is 6.02. The van der Waals surface area contributed by atoms with Gasteiger partial charge in [-0.3, -0.25) is 0 Å². The highest BCUT2D eigenvalue weighted by atomic mass is 19.1. The molecule has 0 aliphatic carbocycles. The van der Waals surface area contributed by atoms with E-state index in [0.717, 1.165) is 17.0 Å². The van der Waals surface area contributed by atoms with E-state index in [2.05, 4.69) is 4.99 Å². The van der Waals surface area contributed by atoms with Gasteiger partial charge in [0, 0.05) is 5.69 Å². The molecular weight excluding hydrogens is 349 g/mol. The zero-order valence-electron chi connectivity index (χ0n) is 14.6. The van der Waals surface area contributed by atoms with Gasteiger partial charge in [-0.15, -0.1) is 0 Å². The van der Waals surface area contributed by atoms with Crippen molar-refractivity contribution in [1.82, 2.24) is 0 Å². The summed E-state index contributed by atoms with van der Waals surface area (Å²) in [6, 6.07) is 15.4. The van der Waals surface area contributed by atoms with Crippen molar-refractivity contribution in [2.45, 2.75) is 6.17 Å². The maximum absolute atomic E-state index is 13.9. The Morgan fingerprint density at radius 1 is 1.15 bits per heavy atom. The van der Waals surface area contributed by atoms with Crippen LogP contribution in [0.25, 0.3) is 0 Å². The Morgan fingerprint density at radius 3 is 2.67 bits per heavy atom. The van der Waals surface area contributed by atoms with Gasteiger partial charge in [-0.05, 0) is 42.5 Å². The van der Waals surface area contributed by atoms with E-state index in [1.165, 1.54) is 6.07 Å². The SMILES string of the molecule is COc1ccc(N2C(COc3ccccc3F)=Nc3occc3C2N)cc1. The number of ether oxygens (including phenoxy) is 2. The number of aliphatic imine (C=N–C) groups is 1. The van der Waals surface area contributed by atoms with Crippen molar-refractivity contribution in [1.29, 1.82) is 0 Å². The Balaban J connectivity index is 1.67. The Bertz CT molecular complexity index is 969. The quantitative estimate of drug-likeness (QED) is 0.737. The van der Waals surface area contributed by atoms with Gasteiger partial charge in [-0.2, -0.15) is 4.99 Å². The van der Waals surface area contributed by atoms with E-state index in [-0.39, 0.29) is 12.4 Å². The Labute approximate surface area is 155 Å². The maximum Gasteiger partial charge on any atom is 0.226 e. The number of rotatable bonds is 5. The number of anilines is 1. The van der Waals surface area contributed by atoms with Crippen molar-refractivity contribution in [3.8, 4) is 11.5 Å². The van der Waals surface area contributed by atoms with Crippen LogP contribution in [0.4, 0.5) is 16.0 Å². The largest absolute Gasteiger partial charge is 0.497 e. The zero-order valence-corrected chi connectivity index (χ0v) is 14.6. The third-order valence-electron chi connectivity index (χ3n) is 4.32. The first-order valence-corrected chi connectivity index (χ1v) is 8.38. The van der Waals surface area contributed by atoms with Crippen molar-refractivity contribution < 1.29 is 18.3 Å². The molecule has 0 saturated heterocycles. The average Bonchev–Trinajstić information content (AvgIpc) is 3.17. The average molecular weight is 367 g/mol. The summed E-state index contributed by atoms with van der Waals surface area (Å²) in [5.74, 6) is 1.38.